The predicted molar refractivity (Wildman–Crippen MR) is 72.9 cm³/mol. The molecule has 0 aliphatic rings. The van der Waals surface area contributed by atoms with Crippen LogP contribution in [0.3, 0.4) is 0 Å². The second-order valence-corrected chi connectivity index (χ2v) is 4.79. The number of nitrogen functional groups attached to an aromatic ring is 1. The van der Waals surface area contributed by atoms with E-state index in [1.165, 1.54) is 18.2 Å². The Morgan fingerprint density at radius 3 is 2.50 bits per heavy atom. The maximum atomic E-state index is 13.2. The number of aryl methyl sites for hydroxylation is 1. The van der Waals surface area contributed by atoms with Gasteiger partial charge in [-0.15, -0.1) is 0 Å². The van der Waals surface area contributed by atoms with Crippen LogP contribution < -0.4 is 11.1 Å². The molecule has 2 rings (SSSR count). The summed E-state index contributed by atoms with van der Waals surface area (Å²) < 4.78 is 26.5. The van der Waals surface area contributed by atoms with E-state index in [0.717, 1.165) is 11.3 Å². The summed E-state index contributed by atoms with van der Waals surface area (Å²) in [5, 5.41) is 3.05. The van der Waals surface area contributed by atoms with Crippen LogP contribution in [0.4, 0.5) is 25.8 Å². The highest BCUT2D eigenvalue weighted by Crippen LogP contribution is 2.30. The molecule has 3 N–H and O–H groups in total. The molecule has 18 heavy (non-hydrogen) atoms. The number of rotatable bonds is 2. The summed E-state index contributed by atoms with van der Waals surface area (Å²) in [7, 11) is 0. The number of benzene rings is 2. The van der Waals surface area contributed by atoms with Crippen LogP contribution in [-0.2, 0) is 0 Å². The zero-order valence-corrected chi connectivity index (χ0v) is 11.2. The van der Waals surface area contributed by atoms with Gasteiger partial charge in [0.1, 0.15) is 11.6 Å². The SMILES string of the molecule is Cc1cc(F)ccc1Nc1cc(Br)c(F)cc1N. The lowest BCUT2D eigenvalue weighted by Crippen LogP contribution is -1.99. The Labute approximate surface area is 112 Å². The number of anilines is 3. The molecule has 2 aromatic carbocycles. The van der Waals surface area contributed by atoms with Crippen molar-refractivity contribution in [3.8, 4) is 0 Å². The molecule has 0 aliphatic carbocycles. The van der Waals surface area contributed by atoms with Crippen LogP contribution in [0.1, 0.15) is 5.56 Å². The maximum Gasteiger partial charge on any atom is 0.139 e. The molecule has 0 spiro atoms. The van der Waals surface area contributed by atoms with Crippen molar-refractivity contribution in [2.45, 2.75) is 6.92 Å². The summed E-state index contributed by atoms with van der Waals surface area (Å²) >= 11 is 3.09. The fourth-order valence-electron chi connectivity index (χ4n) is 1.58. The molecule has 0 fully saturated rings. The minimum absolute atomic E-state index is 0.291. The van der Waals surface area contributed by atoms with E-state index in [2.05, 4.69) is 21.2 Å². The molecule has 0 aliphatic heterocycles. The first-order valence-corrected chi connectivity index (χ1v) is 6.04. The standard InChI is InChI=1S/C13H11BrF2N2/c1-7-4-8(15)2-3-12(7)18-13-5-9(14)10(16)6-11(13)17/h2-6,18H,17H2,1H3. The minimum Gasteiger partial charge on any atom is -0.397 e. The smallest absolute Gasteiger partial charge is 0.139 e. The summed E-state index contributed by atoms with van der Waals surface area (Å²) in [6.45, 7) is 1.78. The molecule has 0 heterocycles. The highest BCUT2D eigenvalue weighted by atomic mass is 79.9. The Morgan fingerprint density at radius 2 is 1.83 bits per heavy atom. The van der Waals surface area contributed by atoms with Gasteiger partial charge in [0, 0.05) is 11.8 Å². The van der Waals surface area contributed by atoms with Crippen LogP contribution in [0.15, 0.2) is 34.8 Å². The summed E-state index contributed by atoms with van der Waals surface area (Å²) in [6.07, 6.45) is 0. The van der Waals surface area contributed by atoms with Gasteiger partial charge in [0.15, 0.2) is 0 Å². The molecule has 94 valence electrons. The van der Waals surface area contributed by atoms with Crippen LogP contribution in [0, 0.1) is 18.6 Å². The van der Waals surface area contributed by atoms with Gasteiger partial charge in [-0.3, -0.25) is 0 Å². The Balaban J connectivity index is 2.37. The average Bonchev–Trinajstić information content (AvgIpc) is 2.29. The lowest BCUT2D eigenvalue weighted by Gasteiger charge is -2.12. The number of halogens is 3. The topological polar surface area (TPSA) is 38.0 Å². The molecule has 0 saturated heterocycles. The molecular weight excluding hydrogens is 302 g/mol. The van der Waals surface area contributed by atoms with Crippen molar-refractivity contribution in [1.29, 1.82) is 0 Å². The van der Waals surface area contributed by atoms with Gasteiger partial charge in [-0.05, 0) is 52.7 Å². The lowest BCUT2D eigenvalue weighted by molar-refractivity contribution is 0.622. The van der Waals surface area contributed by atoms with Crippen molar-refractivity contribution >= 4 is 33.0 Å². The fraction of sp³-hybridized carbons (Fsp3) is 0.0769. The molecule has 0 bridgehead atoms. The second-order valence-electron chi connectivity index (χ2n) is 3.94. The van der Waals surface area contributed by atoms with E-state index < -0.39 is 5.82 Å². The first-order chi connectivity index (χ1) is 8.47. The van der Waals surface area contributed by atoms with Gasteiger partial charge >= 0.3 is 0 Å². The summed E-state index contributed by atoms with van der Waals surface area (Å²) in [6, 6.07) is 7.15. The first kappa shape index (κ1) is 12.8. The van der Waals surface area contributed by atoms with E-state index >= 15 is 0 Å². The molecule has 2 nitrogen and oxygen atoms in total. The number of nitrogens with one attached hydrogen (secondary N) is 1. The van der Waals surface area contributed by atoms with Gasteiger partial charge in [-0.2, -0.15) is 0 Å². The van der Waals surface area contributed by atoms with Gasteiger partial charge in [0.05, 0.1) is 15.8 Å². The monoisotopic (exact) mass is 312 g/mol. The van der Waals surface area contributed by atoms with E-state index in [1.807, 2.05) is 0 Å². The number of nitrogens with two attached hydrogens (primary N) is 1. The molecule has 5 heteroatoms. The molecular formula is C13H11BrF2N2. The van der Waals surface area contributed by atoms with E-state index in [0.29, 0.717) is 15.8 Å². The van der Waals surface area contributed by atoms with Crippen LogP contribution in [0.2, 0.25) is 0 Å². The molecule has 0 unspecified atom stereocenters. The third-order valence-corrected chi connectivity index (χ3v) is 3.16. The molecule has 0 atom stereocenters. The fourth-order valence-corrected chi connectivity index (χ4v) is 1.93. The highest BCUT2D eigenvalue weighted by Gasteiger charge is 2.07. The molecule has 0 saturated carbocycles. The predicted octanol–water partition coefficient (Wildman–Crippen LogP) is 4.36. The van der Waals surface area contributed by atoms with Gasteiger partial charge in [0.2, 0.25) is 0 Å². The molecule has 2 aromatic rings. The lowest BCUT2D eigenvalue weighted by atomic mass is 10.2. The largest absolute Gasteiger partial charge is 0.397 e. The summed E-state index contributed by atoms with van der Waals surface area (Å²) in [5.74, 6) is -0.722. The van der Waals surface area contributed by atoms with E-state index in [4.69, 9.17) is 5.73 Å². The summed E-state index contributed by atoms with van der Waals surface area (Å²) in [4.78, 5) is 0. The second kappa shape index (κ2) is 4.94. The Hall–Kier alpha value is -1.62. The van der Waals surface area contributed by atoms with Gasteiger partial charge in [0.25, 0.3) is 0 Å². The Kier molecular flexibility index (Phi) is 3.52. The molecule has 0 aromatic heterocycles. The van der Waals surface area contributed by atoms with E-state index in [-0.39, 0.29) is 5.82 Å². The molecule has 0 radical (unpaired) electrons. The van der Waals surface area contributed by atoms with Crippen molar-refractivity contribution in [3.05, 3.63) is 52.0 Å². The van der Waals surface area contributed by atoms with Crippen LogP contribution in [0.25, 0.3) is 0 Å². The number of hydrogen-bond acceptors (Lipinski definition) is 2. The normalized spacial score (nSPS) is 10.4. The zero-order chi connectivity index (χ0) is 13.3. The highest BCUT2D eigenvalue weighted by molar-refractivity contribution is 9.10. The summed E-state index contributed by atoms with van der Waals surface area (Å²) in [5.41, 5.74) is 8.05. The van der Waals surface area contributed by atoms with Gasteiger partial charge in [-0.1, -0.05) is 0 Å². The van der Waals surface area contributed by atoms with Crippen molar-refractivity contribution in [2.75, 3.05) is 11.1 Å². The first-order valence-electron chi connectivity index (χ1n) is 5.25. The average molecular weight is 313 g/mol. The Morgan fingerprint density at radius 1 is 1.11 bits per heavy atom. The maximum absolute atomic E-state index is 13.2. The van der Waals surface area contributed by atoms with Crippen LogP contribution in [0.5, 0.6) is 0 Å². The van der Waals surface area contributed by atoms with Crippen molar-refractivity contribution < 1.29 is 8.78 Å². The van der Waals surface area contributed by atoms with Crippen LogP contribution in [-0.4, -0.2) is 0 Å². The number of hydrogen-bond donors (Lipinski definition) is 2. The minimum atomic E-state index is -0.422. The zero-order valence-electron chi connectivity index (χ0n) is 9.60. The van der Waals surface area contributed by atoms with Crippen molar-refractivity contribution in [3.63, 3.8) is 0 Å². The van der Waals surface area contributed by atoms with Gasteiger partial charge < -0.3 is 11.1 Å². The third-order valence-electron chi connectivity index (χ3n) is 2.55. The van der Waals surface area contributed by atoms with Crippen molar-refractivity contribution in [2.24, 2.45) is 0 Å². The Bertz CT molecular complexity index is 600. The van der Waals surface area contributed by atoms with E-state index in [9.17, 15) is 8.78 Å². The van der Waals surface area contributed by atoms with Gasteiger partial charge in [-0.25, -0.2) is 8.78 Å². The third kappa shape index (κ3) is 2.61. The molecule has 0 amide bonds. The van der Waals surface area contributed by atoms with E-state index in [1.54, 1.807) is 19.1 Å². The van der Waals surface area contributed by atoms with Crippen LogP contribution >= 0.6 is 15.9 Å². The van der Waals surface area contributed by atoms with Crippen molar-refractivity contribution in [1.82, 2.24) is 0 Å². The quantitative estimate of drug-likeness (QED) is 0.808.